The van der Waals surface area contributed by atoms with Crippen LogP contribution in [0.4, 0.5) is 0 Å². The van der Waals surface area contributed by atoms with Crippen molar-refractivity contribution in [1.29, 1.82) is 0 Å². The fourth-order valence-electron chi connectivity index (χ4n) is 2.24. The van der Waals surface area contributed by atoms with Gasteiger partial charge in [0.1, 0.15) is 4.90 Å². The Kier molecular flexibility index (Phi) is 4.53. The van der Waals surface area contributed by atoms with Gasteiger partial charge >= 0.3 is 0 Å². The molecule has 0 aromatic carbocycles. The largest absolute Gasteiger partial charge is 0.383 e. The summed E-state index contributed by atoms with van der Waals surface area (Å²) in [5, 5.41) is 0. The van der Waals surface area contributed by atoms with E-state index in [1.807, 2.05) is 11.5 Å². The van der Waals surface area contributed by atoms with Crippen molar-refractivity contribution in [3.05, 3.63) is 18.0 Å². The number of rotatable bonds is 7. The Morgan fingerprint density at radius 1 is 1.55 bits per heavy atom. The number of nitrogens with zero attached hydrogens (tertiary/aromatic N) is 2. The minimum absolute atomic E-state index is 0.212. The summed E-state index contributed by atoms with van der Waals surface area (Å²) in [5.41, 5.74) is 6.58. The first kappa shape index (κ1) is 15.5. The van der Waals surface area contributed by atoms with Gasteiger partial charge in [0.15, 0.2) is 0 Å². The van der Waals surface area contributed by atoms with E-state index in [2.05, 4.69) is 0 Å². The molecule has 1 atom stereocenters. The highest BCUT2D eigenvalue weighted by Gasteiger charge is 2.31. The average Bonchev–Trinajstić information content (AvgIpc) is 3.16. The molecule has 2 N–H and O–H groups in total. The lowest BCUT2D eigenvalue weighted by atomic mass is 10.4. The van der Waals surface area contributed by atoms with Gasteiger partial charge in [0.2, 0.25) is 10.0 Å². The van der Waals surface area contributed by atoms with Crippen LogP contribution >= 0.6 is 0 Å². The number of hydrogen-bond acceptors (Lipinski definition) is 4. The second-order valence-corrected chi connectivity index (χ2v) is 7.33. The molecular weight excluding hydrogens is 278 g/mol. The Hall–Kier alpha value is -0.890. The summed E-state index contributed by atoms with van der Waals surface area (Å²) in [5.74, 6) is 0. The van der Waals surface area contributed by atoms with Gasteiger partial charge in [0.05, 0.1) is 6.61 Å². The van der Waals surface area contributed by atoms with E-state index >= 15 is 0 Å². The molecule has 1 saturated carbocycles. The Labute approximate surface area is 120 Å². The van der Waals surface area contributed by atoms with Crippen molar-refractivity contribution in [2.24, 2.45) is 5.73 Å². The highest BCUT2D eigenvalue weighted by molar-refractivity contribution is 7.89. The molecule has 1 unspecified atom stereocenters. The van der Waals surface area contributed by atoms with Gasteiger partial charge in [-0.3, -0.25) is 0 Å². The zero-order valence-corrected chi connectivity index (χ0v) is 13.1. The summed E-state index contributed by atoms with van der Waals surface area (Å²) in [4.78, 5) is 0.315. The molecule has 114 valence electrons. The van der Waals surface area contributed by atoms with E-state index < -0.39 is 10.0 Å². The van der Waals surface area contributed by atoms with Gasteiger partial charge in [-0.2, -0.15) is 4.31 Å². The summed E-state index contributed by atoms with van der Waals surface area (Å²) < 4.78 is 33.6. The highest BCUT2D eigenvalue weighted by atomic mass is 32.2. The van der Waals surface area contributed by atoms with Gasteiger partial charge in [-0.15, -0.1) is 0 Å². The Bertz CT molecular complexity index is 563. The fraction of sp³-hybridized carbons (Fsp3) is 0.692. The van der Waals surface area contributed by atoms with Crippen LogP contribution in [0.5, 0.6) is 0 Å². The molecule has 1 aromatic rings. The molecule has 7 heteroatoms. The minimum Gasteiger partial charge on any atom is -0.383 e. The third kappa shape index (κ3) is 2.90. The van der Waals surface area contributed by atoms with E-state index in [9.17, 15) is 8.42 Å². The molecule has 2 rings (SSSR count). The van der Waals surface area contributed by atoms with Gasteiger partial charge in [-0.25, -0.2) is 8.42 Å². The first-order valence-corrected chi connectivity index (χ1v) is 8.23. The molecule has 0 spiro atoms. The summed E-state index contributed by atoms with van der Waals surface area (Å²) in [6.45, 7) is 2.54. The second kappa shape index (κ2) is 5.85. The Morgan fingerprint density at radius 3 is 2.70 bits per heavy atom. The lowest BCUT2D eigenvalue weighted by Crippen LogP contribution is -2.37. The predicted molar refractivity (Wildman–Crippen MR) is 76.9 cm³/mol. The van der Waals surface area contributed by atoms with Crippen molar-refractivity contribution in [1.82, 2.24) is 8.87 Å². The quantitative estimate of drug-likeness (QED) is 0.813. The maximum absolute atomic E-state index is 12.6. The molecule has 1 fully saturated rings. The number of aromatic nitrogens is 1. The van der Waals surface area contributed by atoms with Crippen LogP contribution in [0.3, 0.4) is 0 Å². The molecular formula is C13H23N3O3S. The maximum atomic E-state index is 12.6. The Balaban J connectivity index is 2.29. The Morgan fingerprint density at radius 2 is 2.20 bits per heavy atom. The number of sulfonamides is 1. The van der Waals surface area contributed by atoms with Crippen LogP contribution in [0.25, 0.3) is 0 Å². The standard InChI is InChI=1S/C13H23N3O3S/c1-10(9-19-3)15(2)20(17,18)13-6-12(7-14)16(8-13)11-4-5-11/h6,8,10-11H,4-5,7,9,14H2,1-3H3. The molecule has 0 aliphatic heterocycles. The third-order valence-electron chi connectivity index (χ3n) is 3.76. The zero-order chi connectivity index (χ0) is 14.9. The molecule has 1 aliphatic rings. The van der Waals surface area contributed by atoms with Crippen LogP contribution in [0, 0.1) is 0 Å². The van der Waals surface area contributed by atoms with E-state index in [4.69, 9.17) is 10.5 Å². The topological polar surface area (TPSA) is 77.6 Å². The summed E-state index contributed by atoms with van der Waals surface area (Å²) in [7, 11) is -0.359. The van der Waals surface area contributed by atoms with Crippen molar-refractivity contribution < 1.29 is 13.2 Å². The normalized spacial score (nSPS) is 17.6. The van der Waals surface area contributed by atoms with Gasteiger partial charge in [0.25, 0.3) is 0 Å². The summed E-state index contributed by atoms with van der Waals surface area (Å²) in [6, 6.07) is 1.89. The number of likely N-dealkylation sites (N-methyl/N-ethyl adjacent to an activating group) is 1. The minimum atomic E-state index is -3.50. The SMILES string of the molecule is COCC(C)N(C)S(=O)(=O)c1cc(CN)n(C2CC2)c1. The molecule has 0 bridgehead atoms. The highest BCUT2D eigenvalue weighted by Crippen LogP contribution is 2.37. The van der Waals surface area contributed by atoms with Crippen LogP contribution in [0.1, 0.15) is 31.5 Å². The first-order chi connectivity index (χ1) is 9.41. The molecule has 1 aromatic heterocycles. The maximum Gasteiger partial charge on any atom is 0.244 e. The van der Waals surface area contributed by atoms with Crippen LogP contribution in [0.15, 0.2) is 17.2 Å². The predicted octanol–water partition coefficient (Wildman–Crippen LogP) is 0.937. The molecule has 0 radical (unpaired) electrons. The summed E-state index contributed by atoms with van der Waals surface area (Å²) in [6.07, 6.45) is 3.90. The van der Waals surface area contributed by atoms with Gasteiger partial charge in [0, 0.05) is 44.7 Å². The fourth-order valence-corrected chi connectivity index (χ4v) is 3.64. The molecule has 6 nitrogen and oxygen atoms in total. The molecule has 20 heavy (non-hydrogen) atoms. The van der Waals surface area contributed by atoms with Gasteiger partial charge < -0.3 is 15.0 Å². The van der Waals surface area contributed by atoms with Crippen LogP contribution < -0.4 is 5.73 Å². The van der Waals surface area contributed by atoms with Crippen LogP contribution in [-0.2, 0) is 21.3 Å². The van der Waals surface area contributed by atoms with E-state index in [1.165, 1.54) is 4.31 Å². The lowest BCUT2D eigenvalue weighted by Gasteiger charge is -2.23. The van der Waals surface area contributed by atoms with Crippen molar-refractivity contribution in [3.63, 3.8) is 0 Å². The van der Waals surface area contributed by atoms with E-state index in [-0.39, 0.29) is 6.04 Å². The number of ether oxygens (including phenoxy) is 1. The first-order valence-electron chi connectivity index (χ1n) is 6.79. The summed E-state index contributed by atoms with van der Waals surface area (Å²) >= 11 is 0. The number of hydrogen-bond donors (Lipinski definition) is 1. The lowest BCUT2D eigenvalue weighted by molar-refractivity contribution is 0.149. The smallest absolute Gasteiger partial charge is 0.244 e. The van der Waals surface area contributed by atoms with E-state index in [0.717, 1.165) is 18.5 Å². The number of nitrogens with two attached hydrogens (primary N) is 1. The zero-order valence-electron chi connectivity index (χ0n) is 12.2. The van der Waals surface area contributed by atoms with E-state index in [1.54, 1.807) is 26.4 Å². The monoisotopic (exact) mass is 301 g/mol. The van der Waals surface area contributed by atoms with Crippen molar-refractivity contribution in [2.75, 3.05) is 20.8 Å². The van der Waals surface area contributed by atoms with Crippen molar-refractivity contribution in [3.8, 4) is 0 Å². The average molecular weight is 301 g/mol. The molecule has 0 saturated heterocycles. The van der Waals surface area contributed by atoms with Crippen molar-refractivity contribution >= 4 is 10.0 Å². The van der Waals surface area contributed by atoms with Crippen molar-refractivity contribution in [2.45, 2.75) is 43.3 Å². The van der Waals surface area contributed by atoms with Crippen LogP contribution in [0.2, 0.25) is 0 Å². The van der Waals surface area contributed by atoms with Gasteiger partial charge in [-0.05, 0) is 25.8 Å². The number of methoxy groups -OCH3 is 1. The molecule has 0 amide bonds. The third-order valence-corrected chi connectivity index (χ3v) is 5.70. The van der Waals surface area contributed by atoms with Gasteiger partial charge in [-0.1, -0.05) is 0 Å². The molecule has 1 aliphatic carbocycles. The van der Waals surface area contributed by atoms with E-state index in [0.29, 0.717) is 24.1 Å². The van der Waals surface area contributed by atoms with Crippen LogP contribution in [-0.4, -0.2) is 44.1 Å². The second-order valence-electron chi connectivity index (χ2n) is 5.34. The molecule has 1 heterocycles.